The van der Waals surface area contributed by atoms with E-state index in [0.29, 0.717) is 0 Å². The van der Waals surface area contributed by atoms with Crippen molar-refractivity contribution in [1.82, 2.24) is 4.57 Å². The van der Waals surface area contributed by atoms with Crippen molar-refractivity contribution in [1.29, 1.82) is 0 Å². The van der Waals surface area contributed by atoms with E-state index in [2.05, 4.69) is 49.6 Å². The summed E-state index contributed by atoms with van der Waals surface area (Å²) in [5, 5.41) is 3.64. The molecule has 0 atom stereocenters. The van der Waals surface area contributed by atoms with Crippen LogP contribution >= 0.6 is 11.6 Å². The van der Waals surface area contributed by atoms with Crippen molar-refractivity contribution in [2.75, 3.05) is 0 Å². The average Bonchev–Trinajstić information content (AvgIpc) is 2.42. The smallest absolute Gasteiger partial charge is 0.0804 e. The first kappa shape index (κ1) is 10.8. The van der Waals surface area contributed by atoms with Gasteiger partial charge in [0, 0.05) is 29.2 Å². The highest BCUT2D eigenvalue weighted by Gasteiger charge is 2.21. The summed E-state index contributed by atoms with van der Waals surface area (Å²) >= 11 is 6.06. The second kappa shape index (κ2) is 3.39. The van der Waals surface area contributed by atoms with Crippen molar-refractivity contribution < 1.29 is 0 Å². The number of hydrogen-bond acceptors (Lipinski definition) is 0. The Morgan fingerprint density at radius 1 is 1.20 bits per heavy atom. The van der Waals surface area contributed by atoms with Gasteiger partial charge in [0.1, 0.15) is 0 Å². The van der Waals surface area contributed by atoms with Gasteiger partial charge in [-0.25, -0.2) is 0 Å². The predicted octanol–water partition coefficient (Wildman–Crippen LogP) is 3.38. The van der Waals surface area contributed by atoms with Crippen LogP contribution in [0.25, 0.3) is 10.9 Å². The molecule has 2 aromatic rings. The molecule has 1 aromatic carbocycles. The Kier molecular flexibility index (Phi) is 2.43. The first-order valence-corrected chi connectivity index (χ1v) is 9.02. The minimum absolute atomic E-state index is 0.827. The Hall–Kier alpha value is -0.733. The largest absolute Gasteiger partial charge is 0.351 e. The number of halogens is 1. The molecule has 0 radical (unpaired) electrons. The van der Waals surface area contributed by atoms with Crippen LogP contribution in [0.15, 0.2) is 24.4 Å². The van der Waals surface area contributed by atoms with Gasteiger partial charge in [-0.15, -0.1) is 0 Å². The number of hydrogen-bond donors (Lipinski definition) is 0. The molecule has 0 saturated carbocycles. The molecule has 1 aromatic heterocycles. The van der Waals surface area contributed by atoms with Crippen LogP contribution < -0.4 is 5.19 Å². The summed E-state index contributed by atoms with van der Waals surface area (Å²) in [5.74, 6) is 0. The van der Waals surface area contributed by atoms with E-state index in [1.54, 1.807) is 0 Å². The van der Waals surface area contributed by atoms with Crippen LogP contribution in [0.3, 0.4) is 0 Å². The van der Waals surface area contributed by atoms with Gasteiger partial charge in [-0.3, -0.25) is 0 Å². The Labute approximate surface area is 96.7 Å². The van der Waals surface area contributed by atoms with Gasteiger partial charge in [-0.2, -0.15) is 0 Å². The summed E-state index contributed by atoms with van der Waals surface area (Å²) in [7, 11) is 0.818. The third-order valence-corrected chi connectivity index (χ3v) is 5.01. The minimum atomic E-state index is -1.28. The van der Waals surface area contributed by atoms with E-state index in [-0.39, 0.29) is 0 Å². The lowest BCUT2D eigenvalue weighted by molar-refractivity contribution is 0.972. The van der Waals surface area contributed by atoms with E-state index in [4.69, 9.17) is 11.6 Å². The van der Waals surface area contributed by atoms with E-state index in [1.165, 1.54) is 16.1 Å². The number of rotatable bonds is 1. The molecule has 0 aliphatic rings. The van der Waals surface area contributed by atoms with E-state index in [0.717, 1.165) is 5.02 Å². The Bertz CT molecular complexity index is 508. The standard InChI is InChI=1S/C12H16ClNSi/c1-14-8-12(15(2,3)4)10-7-9(13)5-6-11(10)14/h5-8H,1-4H3. The first-order valence-electron chi connectivity index (χ1n) is 5.14. The molecule has 80 valence electrons. The fourth-order valence-electron chi connectivity index (χ4n) is 1.96. The molecule has 0 spiro atoms. The molecule has 2 rings (SSSR count). The van der Waals surface area contributed by atoms with Gasteiger partial charge in [0.05, 0.1) is 8.07 Å². The van der Waals surface area contributed by atoms with Crippen LogP contribution in [-0.2, 0) is 7.05 Å². The van der Waals surface area contributed by atoms with Gasteiger partial charge in [0.15, 0.2) is 0 Å². The Balaban J connectivity index is 2.81. The second-order valence-electron chi connectivity index (χ2n) is 5.07. The highest BCUT2D eigenvalue weighted by Crippen LogP contribution is 2.21. The van der Waals surface area contributed by atoms with Gasteiger partial charge in [0.2, 0.25) is 0 Å². The van der Waals surface area contributed by atoms with Crippen LogP contribution in [0.5, 0.6) is 0 Å². The van der Waals surface area contributed by atoms with Gasteiger partial charge in [-0.05, 0) is 23.4 Å². The first-order chi connectivity index (χ1) is 6.89. The maximum Gasteiger partial charge on any atom is 0.0804 e. The summed E-state index contributed by atoms with van der Waals surface area (Å²) < 4.78 is 2.19. The van der Waals surface area contributed by atoms with E-state index in [1.807, 2.05) is 6.07 Å². The lowest BCUT2D eigenvalue weighted by Crippen LogP contribution is -2.37. The second-order valence-corrected chi connectivity index (χ2v) is 10.5. The zero-order chi connectivity index (χ0) is 11.2. The fraction of sp³-hybridized carbons (Fsp3) is 0.333. The molecule has 3 heteroatoms. The maximum absolute atomic E-state index is 6.06. The molecule has 1 nitrogen and oxygen atoms in total. The Morgan fingerprint density at radius 2 is 1.87 bits per heavy atom. The SMILES string of the molecule is Cn1cc([Si](C)(C)C)c2cc(Cl)ccc21. The van der Waals surface area contributed by atoms with Gasteiger partial charge >= 0.3 is 0 Å². The van der Waals surface area contributed by atoms with E-state index in [9.17, 15) is 0 Å². The highest BCUT2D eigenvalue weighted by molar-refractivity contribution is 6.90. The zero-order valence-electron chi connectivity index (χ0n) is 9.63. The molecule has 1 heterocycles. The minimum Gasteiger partial charge on any atom is -0.351 e. The Morgan fingerprint density at radius 3 is 2.47 bits per heavy atom. The number of fused-ring (bicyclic) bond motifs is 1. The summed E-state index contributed by atoms with van der Waals surface area (Å²) in [5.41, 5.74) is 1.27. The molecule has 0 aliphatic heterocycles. The molecular weight excluding hydrogens is 222 g/mol. The molecule has 0 fully saturated rings. The molecule has 0 N–H and O–H groups in total. The number of benzene rings is 1. The van der Waals surface area contributed by atoms with E-state index < -0.39 is 8.07 Å². The molecule has 0 saturated heterocycles. The summed E-state index contributed by atoms with van der Waals surface area (Å²) in [6.45, 7) is 7.09. The average molecular weight is 238 g/mol. The van der Waals surface area contributed by atoms with Crippen LogP contribution in [0.1, 0.15) is 0 Å². The predicted molar refractivity (Wildman–Crippen MR) is 70.9 cm³/mol. The van der Waals surface area contributed by atoms with Gasteiger partial charge < -0.3 is 4.57 Å². The maximum atomic E-state index is 6.06. The highest BCUT2D eigenvalue weighted by atomic mass is 35.5. The molecule has 15 heavy (non-hydrogen) atoms. The summed E-state index contributed by atoms with van der Waals surface area (Å²) in [4.78, 5) is 0. The lowest BCUT2D eigenvalue weighted by Gasteiger charge is -2.14. The lowest BCUT2D eigenvalue weighted by atomic mass is 10.2. The summed E-state index contributed by atoms with van der Waals surface area (Å²) in [6.07, 6.45) is 2.26. The van der Waals surface area contributed by atoms with Crippen molar-refractivity contribution >= 4 is 35.8 Å². The van der Waals surface area contributed by atoms with Crippen molar-refractivity contribution in [2.24, 2.45) is 7.05 Å². The van der Waals surface area contributed by atoms with Crippen molar-refractivity contribution in [3.63, 3.8) is 0 Å². The molecular formula is C12H16ClNSi. The number of aryl methyl sites for hydroxylation is 1. The third kappa shape index (κ3) is 1.84. The molecule has 0 unspecified atom stereocenters. The van der Waals surface area contributed by atoms with Crippen molar-refractivity contribution in [3.8, 4) is 0 Å². The van der Waals surface area contributed by atoms with Crippen LogP contribution in [0, 0.1) is 0 Å². The van der Waals surface area contributed by atoms with Crippen LogP contribution in [0.4, 0.5) is 0 Å². The number of aromatic nitrogens is 1. The van der Waals surface area contributed by atoms with Crippen LogP contribution in [0.2, 0.25) is 24.7 Å². The fourth-order valence-corrected chi connectivity index (χ4v) is 3.72. The summed E-state index contributed by atoms with van der Waals surface area (Å²) in [6, 6.07) is 6.14. The normalized spacial score (nSPS) is 12.3. The molecule has 0 amide bonds. The zero-order valence-corrected chi connectivity index (χ0v) is 11.4. The monoisotopic (exact) mass is 237 g/mol. The third-order valence-electron chi connectivity index (χ3n) is 2.76. The van der Waals surface area contributed by atoms with Gasteiger partial charge in [0.25, 0.3) is 0 Å². The topological polar surface area (TPSA) is 4.93 Å². The van der Waals surface area contributed by atoms with Crippen LogP contribution in [-0.4, -0.2) is 12.6 Å². The number of nitrogens with zero attached hydrogens (tertiary/aromatic N) is 1. The van der Waals surface area contributed by atoms with Crippen molar-refractivity contribution in [2.45, 2.75) is 19.6 Å². The van der Waals surface area contributed by atoms with E-state index >= 15 is 0 Å². The molecule has 0 aliphatic carbocycles. The molecule has 0 bridgehead atoms. The quantitative estimate of drug-likeness (QED) is 0.671. The van der Waals surface area contributed by atoms with Gasteiger partial charge in [-0.1, -0.05) is 31.2 Å². The van der Waals surface area contributed by atoms with Crippen molar-refractivity contribution in [3.05, 3.63) is 29.4 Å².